The van der Waals surface area contributed by atoms with Gasteiger partial charge in [0.1, 0.15) is 0 Å². The predicted octanol–water partition coefficient (Wildman–Crippen LogP) is 5.12. The third kappa shape index (κ3) is 6.95. The molecule has 1 fully saturated rings. The molecular weight excluding hydrogens is 496 g/mol. The average Bonchev–Trinajstić information content (AvgIpc) is 3.14. The van der Waals surface area contributed by atoms with Crippen molar-refractivity contribution in [2.45, 2.75) is 44.3 Å². The summed E-state index contributed by atoms with van der Waals surface area (Å²) in [5.41, 5.74) is 9.68. The summed E-state index contributed by atoms with van der Waals surface area (Å²) < 4.78 is 0. The van der Waals surface area contributed by atoms with Crippen LogP contribution < -0.4 is 16.4 Å². The van der Waals surface area contributed by atoms with E-state index < -0.39 is 0 Å². The van der Waals surface area contributed by atoms with Crippen LogP contribution in [0, 0.1) is 0 Å². The summed E-state index contributed by atoms with van der Waals surface area (Å²) in [6, 6.07) is 32.2. The Hall–Kier alpha value is -4.00. The molecule has 1 heterocycles. The first kappa shape index (κ1) is 27.6. The van der Waals surface area contributed by atoms with Crippen molar-refractivity contribution in [2.75, 3.05) is 19.6 Å². The molecule has 40 heavy (non-hydrogen) atoms. The van der Waals surface area contributed by atoms with Gasteiger partial charge in [-0.25, -0.2) is 0 Å². The molecule has 4 aromatic rings. The van der Waals surface area contributed by atoms with Crippen LogP contribution in [0.15, 0.2) is 97.1 Å². The molecule has 0 radical (unpaired) electrons. The molecule has 0 spiro atoms. The highest BCUT2D eigenvalue weighted by molar-refractivity contribution is 5.94. The smallest absolute Gasteiger partial charge is 0.251 e. The van der Waals surface area contributed by atoms with Gasteiger partial charge in [0.15, 0.2) is 0 Å². The van der Waals surface area contributed by atoms with Gasteiger partial charge in [0.2, 0.25) is 5.91 Å². The Kier molecular flexibility index (Phi) is 9.22. The number of fused-ring (bicyclic) bond motifs is 1. The molecule has 1 aliphatic rings. The second kappa shape index (κ2) is 13.4. The maximum absolute atomic E-state index is 13.6. The lowest BCUT2D eigenvalue weighted by Gasteiger charge is -2.25. The SMILES string of the molecule is NCCCCC1NC(CNC(=O)c2ccc(-c3ccccc3)cc2)CCN(Cc2ccc3ccccc3c2)C1=O. The molecule has 2 unspecified atom stereocenters. The van der Waals surface area contributed by atoms with Gasteiger partial charge in [-0.2, -0.15) is 0 Å². The number of rotatable bonds is 10. The van der Waals surface area contributed by atoms with Crippen LogP contribution in [0.4, 0.5) is 0 Å². The molecule has 5 rings (SSSR count). The van der Waals surface area contributed by atoms with E-state index in [1.165, 1.54) is 10.8 Å². The van der Waals surface area contributed by atoms with E-state index in [9.17, 15) is 9.59 Å². The third-order valence-electron chi connectivity index (χ3n) is 7.69. The number of carbonyl (C=O) groups excluding carboxylic acids is 2. The third-order valence-corrected chi connectivity index (χ3v) is 7.69. The van der Waals surface area contributed by atoms with Gasteiger partial charge in [-0.15, -0.1) is 0 Å². The van der Waals surface area contributed by atoms with E-state index >= 15 is 0 Å². The maximum Gasteiger partial charge on any atom is 0.251 e. The summed E-state index contributed by atoms with van der Waals surface area (Å²) >= 11 is 0. The van der Waals surface area contributed by atoms with Crippen molar-refractivity contribution in [3.63, 3.8) is 0 Å². The predicted molar refractivity (Wildman–Crippen MR) is 162 cm³/mol. The zero-order chi connectivity index (χ0) is 27.7. The lowest BCUT2D eigenvalue weighted by atomic mass is 10.0. The zero-order valence-electron chi connectivity index (χ0n) is 22.9. The number of amides is 2. The number of benzene rings is 4. The molecule has 2 amide bonds. The van der Waals surface area contributed by atoms with Gasteiger partial charge in [-0.3, -0.25) is 9.59 Å². The molecule has 4 aromatic carbocycles. The minimum absolute atomic E-state index is 0.000900. The number of nitrogens with zero attached hydrogens (tertiary/aromatic N) is 1. The normalized spacial score (nSPS) is 17.5. The molecule has 0 aromatic heterocycles. The number of hydrogen-bond acceptors (Lipinski definition) is 4. The highest BCUT2D eigenvalue weighted by Gasteiger charge is 2.30. The van der Waals surface area contributed by atoms with E-state index in [0.29, 0.717) is 31.7 Å². The second-order valence-electron chi connectivity index (χ2n) is 10.6. The standard InChI is InChI=1S/C34H38N4O2/c35-20-7-6-12-32-34(40)38(24-25-13-14-27-10-4-5-11-30(27)22-25)21-19-31(37-32)23-36-33(39)29-17-15-28(16-18-29)26-8-2-1-3-9-26/h1-5,8-11,13-18,22,31-32,37H,6-7,12,19-21,23-24,35H2,(H,36,39). The van der Waals surface area contributed by atoms with Crippen LogP contribution in [-0.4, -0.2) is 48.4 Å². The molecule has 0 bridgehead atoms. The van der Waals surface area contributed by atoms with Gasteiger partial charge >= 0.3 is 0 Å². The van der Waals surface area contributed by atoms with Crippen LogP contribution in [0.3, 0.4) is 0 Å². The van der Waals surface area contributed by atoms with Crippen LogP contribution in [0.1, 0.15) is 41.6 Å². The van der Waals surface area contributed by atoms with Gasteiger partial charge < -0.3 is 21.3 Å². The van der Waals surface area contributed by atoms with Crippen LogP contribution in [0.2, 0.25) is 0 Å². The minimum Gasteiger partial charge on any atom is -0.350 e. The monoisotopic (exact) mass is 534 g/mol. The molecule has 1 saturated heterocycles. The Bertz CT molecular complexity index is 1420. The van der Waals surface area contributed by atoms with Crippen molar-refractivity contribution in [2.24, 2.45) is 5.73 Å². The van der Waals surface area contributed by atoms with E-state index in [1.807, 2.05) is 59.5 Å². The van der Waals surface area contributed by atoms with E-state index in [0.717, 1.165) is 42.4 Å². The number of unbranched alkanes of at least 4 members (excludes halogenated alkanes) is 1. The first-order valence-corrected chi connectivity index (χ1v) is 14.3. The summed E-state index contributed by atoms with van der Waals surface area (Å²) in [7, 11) is 0. The highest BCUT2D eigenvalue weighted by atomic mass is 16.2. The Morgan fingerprint density at radius 2 is 1.60 bits per heavy atom. The van der Waals surface area contributed by atoms with E-state index in [4.69, 9.17) is 5.73 Å². The van der Waals surface area contributed by atoms with Gasteiger partial charge in [0, 0.05) is 31.2 Å². The largest absolute Gasteiger partial charge is 0.350 e. The summed E-state index contributed by atoms with van der Waals surface area (Å²) in [6.07, 6.45) is 3.27. The number of hydrogen-bond donors (Lipinski definition) is 3. The molecule has 6 heteroatoms. The Balaban J connectivity index is 1.23. The van der Waals surface area contributed by atoms with Crippen molar-refractivity contribution in [1.82, 2.24) is 15.5 Å². The van der Waals surface area contributed by atoms with Crippen molar-refractivity contribution < 1.29 is 9.59 Å². The van der Waals surface area contributed by atoms with E-state index in [1.54, 1.807) is 0 Å². The van der Waals surface area contributed by atoms with Crippen LogP contribution in [0.25, 0.3) is 21.9 Å². The minimum atomic E-state index is -0.290. The Morgan fingerprint density at radius 3 is 2.38 bits per heavy atom. The van der Waals surface area contributed by atoms with Crippen LogP contribution in [-0.2, 0) is 11.3 Å². The van der Waals surface area contributed by atoms with Crippen LogP contribution in [0.5, 0.6) is 0 Å². The van der Waals surface area contributed by atoms with Crippen LogP contribution >= 0.6 is 0 Å². The topological polar surface area (TPSA) is 87.5 Å². The maximum atomic E-state index is 13.6. The summed E-state index contributed by atoms with van der Waals surface area (Å²) in [5.74, 6) is 0.0141. The van der Waals surface area contributed by atoms with Gasteiger partial charge in [0.25, 0.3) is 5.91 Å². The summed E-state index contributed by atoms with van der Waals surface area (Å²) in [4.78, 5) is 28.5. The molecule has 0 aliphatic carbocycles. The lowest BCUT2D eigenvalue weighted by molar-refractivity contribution is -0.133. The molecule has 206 valence electrons. The van der Waals surface area contributed by atoms with Crippen molar-refractivity contribution >= 4 is 22.6 Å². The van der Waals surface area contributed by atoms with E-state index in [2.05, 4.69) is 53.1 Å². The number of carbonyl (C=O) groups is 2. The molecule has 1 aliphatic heterocycles. The second-order valence-corrected chi connectivity index (χ2v) is 10.6. The fourth-order valence-corrected chi connectivity index (χ4v) is 5.42. The first-order valence-electron chi connectivity index (χ1n) is 14.3. The molecular formula is C34H38N4O2. The molecule has 2 atom stereocenters. The van der Waals surface area contributed by atoms with Crippen molar-refractivity contribution in [1.29, 1.82) is 0 Å². The zero-order valence-corrected chi connectivity index (χ0v) is 22.9. The summed E-state index contributed by atoms with van der Waals surface area (Å²) in [5, 5.41) is 9.03. The Morgan fingerprint density at radius 1 is 0.875 bits per heavy atom. The summed E-state index contributed by atoms with van der Waals surface area (Å²) in [6.45, 7) is 2.29. The Labute approximate surface area is 236 Å². The fourth-order valence-electron chi connectivity index (χ4n) is 5.42. The number of nitrogens with one attached hydrogen (secondary N) is 2. The quantitative estimate of drug-likeness (QED) is 0.246. The van der Waals surface area contributed by atoms with Crippen molar-refractivity contribution in [3.8, 4) is 11.1 Å². The fraction of sp³-hybridized carbons (Fsp3) is 0.294. The van der Waals surface area contributed by atoms with Gasteiger partial charge in [0.05, 0.1) is 6.04 Å². The molecule has 6 nitrogen and oxygen atoms in total. The van der Waals surface area contributed by atoms with Crippen molar-refractivity contribution in [3.05, 3.63) is 108 Å². The van der Waals surface area contributed by atoms with Gasteiger partial charge in [-0.05, 0) is 71.5 Å². The first-order chi connectivity index (χ1) is 19.6. The highest BCUT2D eigenvalue weighted by Crippen LogP contribution is 2.21. The molecule has 0 saturated carbocycles. The average molecular weight is 535 g/mol. The molecule has 4 N–H and O–H groups in total. The number of nitrogens with two attached hydrogens (primary N) is 1. The lowest BCUT2D eigenvalue weighted by Crippen LogP contribution is -2.48. The van der Waals surface area contributed by atoms with E-state index in [-0.39, 0.29) is 23.9 Å². The van der Waals surface area contributed by atoms with Gasteiger partial charge in [-0.1, -0.05) is 85.3 Å².